The molecule has 3 N–H and O–H groups in total. The number of halogens is 1. The Morgan fingerprint density at radius 3 is 2.59 bits per heavy atom. The summed E-state index contributed by atoms with van der Waals surface area (Å²) < 4.78 is 0. The van der Waals surface area contributed by atoms with Gasteiger partial charge < -0.3 is 16.0 Å². The summed E-state index contributed by atoms with van der Waals surface area (Å²) >= 11 is 0. The SMILES string of the molecule is Cc1cc(C(=O)N2CCCCC2C)ccc1NC(=O)C1CCCC(N)C1.Cl. The van der Waals surface area contributed by atoms with Gasteiger partial charge in [0.1, 0.15) is 0 Å². The van der Waals surface area contributed by atoms with E-state index >= 15 is 0 Å². The van der Waals surface area contributed by atoms with Crippen LogP contribution in [0.4, 0.5) is 5.69 Å². The number of rotatable bonds is 3. The molecule has 1 aromatic carbocycles. The zero-order valence-corrected chi connectivity index (χ0v) is 17.2. The average Bonchev–Trinajstić information content (AvgIpc) is 2.63. The number of carbonyl (C=O) groups excluding carboxylic acids is 2. The number of aryl methyl sites for hydroxylation is 1. The number of amides is 2. The Balaban J connectivity index is 0.00000261. The monoisotopic (exact) mass is 393 g/mol. The molecule has 1 aliphatic carbocycles. The normalized spacial score (nSPS) is 25.4. The first-order valence-corrected chi connectivity index (χ1v) is 9.93. The molecule has 1 heterocycles. The molecule has 27 heavy (non-hydrogen) atoms. The highest BCUT2D eigenvalue weighted by molar-refractivity contribution is 5.97. The van der Waals surface area contributed by atoms with Gasteiger partial charge in [0.2, 0.25) is 5.91 Å². The van der Waals surface area contributed by atoms with Crippen LogP contribution in [0, 0.1) is 12.8 Å². The summed E-state index contributed by atoms with van der Waals surface area (Å²) in [7, 11) is 0. The van der Waals surface area contributed by atoms with Crippen molar-refractivity contribution in [1.82, 2.24) is 4.90 Å². The van der Waals surface area contributed by atoms with E-state index < -0.39 is 0 Å². The molecule has 3 atom stereocenters. The van der Waals surface area contributed by atoms with E-state index in [1.165, 1.54) is 6.42 Å². The molecule has 3 unspecified atom stereocenters. The van der Waals surface area contributed by atoms with Crippen molar-refractivity contribution in [3.63, 3.8) is 0 Å². The van der Waals surface area contributed by atoms with Gasteiger partial charge in [-0.2, -0.15) is 0 Å². The van der Waals surface area contributed by atoms with Crippen LogP contribution in [0.5, 0.6) is 0 Å². The van der Waals surface area contributed by atoms with Crippen molar-refractivity contribution in [2.75, 3.05) is 11.9 Å². The first kappa shape index (κ1) is 21.7. The number of hydrogen-bond donors (Lipinski definition) is 2. The van der Waals surface area contributed by atoms with Crippen LogP contribution in [-0.4, -0.2) is 35.3 Å². The average molecular weight is 394 g/mol. The van der Waals surface area contributed by atoms with Crippen LogP contribution in [0.25, 0.3) is 0 Å². The number of nitrogens with two attached hydrogens (primary N) is 1. The van der Waals surface area contributed by atoms with Crippen molar-refractivity contribution in [2.24, 2.45) is 11.7 Å². The predicted molar refractivity (Wildman–Crippen MR) is 111 cm³/mol. The molecule has 3 rings (SSSR count). The van der Waals surface area contributed by atoms with E-state index in [0.29, 0.717) is 11.6 Å². The van der Waals surface area contributed by atoms with Gasteiger partial charge in [0.25, 0.3) is 5.91 Å². The number of piperidine rings is 1. The van der Waals surface area contributed by atoms with E-state index in [2.05, 4.69) is 12.2 Å². The summed E-state index contributed by atoms with van der Waals surface area (Å²) in [5, 5.41) is 3.04. The van der Waals surface area contributed by atoms with Gasteiger partial charge in [0.05, 0.1) is 0 Å². The van der Waals surface area contributed by atoms with Gasteiger partial charge >= 0.3 is 0 Å². The maximum absolute atomic E-state index is 12.8. The van der Waals surface area contributed by atoms with Gasteiger partial charge in [0, 0.05) is 35.8 Å². The second-order valence-corrected chi connectivity index (χ2v) is 7.99. The molecule has 0 aromatic heterocycles. The number of nitrogens with zero attached hydrogens (tertiary/aromatic N) is 1. The minimum absolute atomic E-state index is 0. The standard InChI is InChI=1S/C21H31N3O2.ClH/c1-14-12-17(21(26)24-11-4-3-6-15(24)2)9-10-19(14)23-20(25)16-7-5-8-18(22)13-16;/h9-10,12,15-16,18H,3-8,11,13,22H2,1-2H3,(H,23,25);1H. The Labute approximate surface area is 168 Å². The van der Waals surface area contributed by atoms with Crippen LogP contribution in [-0.2, 0) is 4.79 Å². The second-order valence-electron chi connectivity index (χ2n) is 7.99. The van der Waals surface area contributed by atoms with Crippen LogP contribution in [0.2, 0.25) is 0 Å². The number of benzene rings is 1. The van der Waals surface area contributed by atoms with Crippen LogP contribution in [0.3, 0.4) is 0 Å². The lowest BCUT2D eigenvalue weighted by Crippen LogP contribution is -2.42. The lowest BCUT2D eigenvalue weighted by atomic mass is 9.85. The van der Waals surface area contributed by atoms with Gasteiger partial charge in [-0.15, -0.1) is 12.4 Å². The van der Waals surface area contributed by atoms with Crippen molar-refractivity contribution in [3.8, 4) is 0 Å². The maximum atomic E-state index is 12.8. The van der Waals surface area contributed by atoms with Crippen molar-refractivity contribution in [2.45, 2.75) is 70.9 Å². The quantitative estimate of drug-likeness (QED) is 0.817. The molecule has 0 radical (unpaired) electrons. The molecular weight excluding hydrogens is 362 g/mol. The van der Waals surface area contributed by atoms with E-state index in [1.54, 1.807) is 0 Å². The highest BCUT2D eigenvalue weighted by Gasteiger charge is 2.27. The summed E-state index contributed by atoms with van der Waals surface area (Å²) in [6, 6.07) is 6.02. The molecule has 1 aliphatic heterocycles. The number of nitrogens with one attached hydrogen (secondary N) is 1. The molecule has 0 spiro atoms. The summed E-state index contributed by atoms with van der Waals surface area (Å²) in [6.45, 7) is 4.89. The predicted octanol–water partition coefficient (Wildman–Crippen LogP) is 3.89. The zero-order chi connectivity index (χ0) is 18.7. The lowest BCUT2D eigenvalue weighted by Gasteiger charge is -2.33. The van der Waals surface area contributed by atoms with Crippen molar-refractivity contribution >= 4 is 29.9 Å². The Kier molecular flexibility index (Phi) is 7.68. The molecule has 6 heteroatoms. The zero-order valence-electron chi connectivity index (χ0n) is 16.4. The minimum Gasteiger partial charge on any atom is -0.336 e. The topological polar surface area (TPSA) is 75.4 Å². The largest absolute Gasteiger partial charge is 0.336 e. The number of hydrogen-bond acceptors (Lipinski definition) is 3. The van der Waals surface area contributed by atoms with E-state index in [0.717, 1.165) is 56.3 Å². The fraction of sp³-hybridized carbons (Fsp3) is 0.619. The third-order valence-electron chi connectivity index (χ3n) is 5.88. The van der Waals surface area contributed by atoms with Gasteiger partial charge in [-0.3, -0.25) is 9.59 Å². The Bertz CT molecular complexity index is 679. The molecule has 1 aromatic rings. The third-order valence-corrected chi connectivity index (χ3v) is 5.88. The van der Waals surface area contributed by atoms with Crippen LogP contribution < -0.4 is 11.1 Å². The van der Waals surface area contributed by atoms with E-state index in [9.17, 15) is 9.59 Å². The summed E-state index contributed by atoms with van der Waals surface area (Å²) in [5.41, 5.74) is 8.42. The van der Waals surface area contributed by atoms with Crippen LogP contribution in [0.1, 0.15) is 67.8 Å². The number of anilines is 1. The van der Waals surface area contributed by atoms with Gasteiger partial charge in [-0.25, -0.2) is 0 Å². The molecule has 0 bridgehead atoms. The summed E-state index contributed by atoms with van der Waals surface area (Å²) in [6.07, 6.45) is 7.03. The molecule has 1 saturated carbocycles. The van der Waals surface area contributed by atoms with Gasteiger partial charge in [-0.05, 0) is 76.1 Å². The van der Waals surface area contributed by atoms with Gasteiger partial charge in [-0.1, -0.05) is 6.42 Å². The minimum atomic E-state index is -0.00587. The van der Waals surface area contributed by atoms with Gasteiger partial charge in [0.15, 0.2) is 0 Å². The van der Waals surface area contributed by atoms with Crippen molar-refractivity contribution in [3.05, 3.63) is 29.3 Å². The molecule has 150 valence electrons. The molecule has 2 fully saturated rings. The molecule has 2 aliphatic rings. The Morgan fingerprint density at radius 2 is 1.93 bits per heavy atom. The fourth-order valence-corrected chi connectivity index (χ4v) is 4.20. The molecule has 5 nitrogen and oxygen atoms in total. The first-order chi connectivity index (χ1) is 12.5. The van der Waals surface area contributed by atoms with Crippen LogP contribution >= 0.6 is 12.4 Å². The van der Waals surface area contributed by atoms with Crippen molar-refractivity contribution in [1.29, 1.82) is 0 Å². The first-order valence-electron chi connectivity index (χ1n) is 9.93. The van der Waals surface area contributed by atoms with E-state index in [-0.39, 0.29) is 36.2 Å². The molecule has 2 amide bonds. The lowest BCUT2D eigenvalue weighted by molar-refractivity contribution is -0.120. The third kappa shape index (κ3) is 5.23. The Morgan fingerprint density at radius 1 is 1.15 bits per heavy atom. The fourth-order valence-electron chi connectivity index (χ4n) is 4.20. The van der Waals surface area contributed by atoms with E-state index in [4.69, 9.17) is 5.73 Å². The maximum Gasteiger partial charge on any atom is 0.254 e. The Hall–Kier alpha value is -1.59. The van der Waals surface area contributed by atoms with Crippen molar-refractivity contribution < 1.29 is 9.59 Å². The second kappa shape index (κ2) is 9.56. The number of carbonyl (C=O) groups is 2. The molecular formula is C21H32ClN3O2. The highest BCUT2D eigenvalue weighted by Crippen LogP contribution is 2.26. The molecule has 1 saturated heterocycles. The van der Waals surface area contributed by atoms with Crippen LogP contribution in [0.15, 0.2) is 18.2 Å². The van der Waals surface area contributed by atoms with E-state index in [1.807, 2.05) is 30.0 Å². The smallest absolute Gasteiger partial charge is 0.254 e. The summed E-state index contributed by atoms with van der Waals surface area (Å²) in [5.74, 6) is 0.136. The highest BCUT2D eigenvalue weighted by atomic mass is 35.5. The summed E-state index contributed by atoms with van der Waals surface area (Å²) in [4.78, 5) is 27.3. The number of likely N-dealkylation sites (tertiary alicyclic amines) is 1.